The van der Waals surface area contributed by atoms with Gasteiger partial charge in [-0.05, 0) is 36.7 Å². The van der Waals surface area contributed by atoms with E-state index in [1.807, 2.05) is 31.3 Å². The van der Waals surface area contributed by atoms with Crippen molar-refractivity contribution < 1.29 is 4.39 Å². The van der Waals surface area contributed by atoms with E-state index in [0.717, 1.165) is 18.5 Å². The molecule has 0 bridgehead atoms. The Balaban J connectivity index is 2.18. The van der Waals surface area contributed by atoms with Gasteiger partial charge in [-0.15, -0.1) is 0 Å². The van der Waals surface area contributed by atoms with Gasteiger partial charge in [0.05, 0.1) is 0 Å². The molecule has 0 saturated heterocycles. The second-order valence-electron chi connectivity index (χ2n) is 4.50. The predicted octanol–water partition coefficient (Wildman–Crippen LogP) is 3.37. The number of halogens is 1. The second-order valence-corrected chi connectivity index (χ2v) is 4.50. The van der Waals surface area contributed by atoms with Crippen LogP contribution in [-0.2, 0) is 6.42 Å². The van der Waals surface area contributed by atoms with E-state index in [-0.39, 0.29) is 5.82 Å². The van der Waals surface area contributed by atoms with Crippen LogP contribution in [0.5, 0.6) is 0 Å². The Morgan fingerprint density at radius 2 is 1.83 bits per heavy atom. The number of nitrogens with one attached hydrogen (secondary N) is 1. The highest BCUT2D eigenvalue weighted by Crippen LogP contribution is 2.21. The third-order valence-electron chi connectivity index (χ3n) is 3.10. The molecule has 1 N–H and O–H groups in total. The lowest BCUT2D eigenvalue weighted by Crippen LogP contribution is -2.19. The minimum absolute atomic E-state index is 0.165. The normalized spacial score (nSPS) is 12.3. The van der Waals surface area contributed by atoms with E-state index in [2.05, 4.69) is 17.4 Å². The first-order valence-corrected chi connectivity index (χ1v) is 6.23. The third-order valence-corrected chi connectivity index (χ3v) is 3.10. The van der Waals surface area contributed by atoms with E-state index < -0.39 is 0 Å². The molecule has 0 amide bonds. The van der Waals surface area contributed by atoms with Crippen LogP contribution in [0, 0.1) is 5.82 Å². The summed E-state index contributed by atoms with van der Waals surface area (Å²) in [5.74, 6) is 0.134. The first kappa shape index (κ1) is 12.8. The molecule has 1 atom stereocenters. The Bertz CT molecular complexity index is 481. The molecular formula is C16H18FN. The van der Waals surface area contributed by atoms with Gasteiger partial charge in [-0.3, -0.25) is 0 Å². The van der Waals surface area contributed by atoms with Crippen LogP contribution in [0.1, 0.15) is 17.0 Å². The summed E-state index contributed by atoms with van der Waals surface area (Å²) in [5, 5.41) is 3.18. The molecule has 1 unspecified atom stereocenters. The van der Waals surface area contributed by atoms with Gasteiger partial charge in [0.25, 0.3) is 0 Å². The van der Waals surface area contributed by atoms with Crippen LogP contribution in [0.3, 0.4) is 0 Å². The molecule has 1 nitrogen and oxygen atoms in total. The molecule has 2 rings (SSSR count). The standard InChI is InChI=1S/C16H18FN/c1-18-12-15(10-13-6-3-2-4-7-13)14-8-5-9-16(17)11-14/h2-9,11,15,18H,10,12H2,1H3. The van der Waals surface area contributed by atoms with Crippen molar-refractivity contribution in [3.63, 3.8) is 0 Å². The van der Waals surface area contributed by atoms with Gasteiger partial charge >= 0.3 is 0 Å². The SMILES string of the molecule is CNCC(Cc1ccccc1)c1cccc(F)c1. The van der Waals surface area contributed by atoms with Crippen LogP contribution in [0.25, 0.3) is 0 Å². The molecule has 94 valence electrons. The highest BCUT2D eigenvalue weighted by atomic mass is 19.1. The van der Waals surface area contributed by atoms with Gasteiger partial charge in [-0.2, -0.15) is 0 Å². The third kappa shape index (κ3) is 3.41. The first-order valence-electron chi connectivity index (χ1n) is 6.23. The molecule has 0 spiro atoms. The first-order chi connectivity index (χ1) is 8.79. The maximum absolute atomic E-state index is 13.3. The Labute approximate surface area is 108 Å². The summed E-state index contributed by atoms with van der Waals surface area (Å²) in [5.41, 5.74) is 2.33. The quantitative estimate of drug-likeness (QED) is 0.849. The highest BCUT2D eigenvalue weighted by Gasteiger charge is 2.12. The Kier molecular flexibility index (Phi) is 4.48. The molecule has 18 heavy (non-hydrogen) atoms. The van der Waals surface area contributed by atoms with Gasteiger partial charge in [-0.25, -0.2) is 4.39 Å². The van der Waals surface area contributed by atoms with Crippen molar-refractivity contribution >= 4 is 0 Å². The Morgan fingerprint density at radius 1 is 1.06 bits per heavy atom. The topological polar surface area (TPSA) is 12.0 Å². The van der Waals surface area contributed by atoms with Crippen LogP contribution in [0.15, 0.2) is 54.6 Å². The molecule has 0 saturated carbocycles. The Morgan fingerprint density at radius 3 is 2.50 bits per heavy atom. The summed E-state index contributed by atoms with van der Waals surface area (Å²) >= 11 is 0. The van der Waals surface area contributed by atoms with Crippen molar-refractivity contribution in [2.75, 3.05) is 13.6 Å². The molecule has 0 heterocycles. The van der Waals surface area contributed by atoms with Gasteiger partial charge in [0, 0.05) is 12.5 Å². The minimum Gasteiger partial charge on any atom is -0.319 e. The smallest absolute Gasteiger partial charge is 0.123 e. The molecule has 2 heteroatoms. The van der Waals surface area contributed by atoms with Gasteiger partial charge in [0.15, 0.2) is 0 Å². The molecule has 0 aliphatic carbocycles. The second kappa shape index (κ2) is 6.31. The van der Waals surface area contributed by atoms with Crippen molar-refractivity contribution in [1.29, 1.82) is 0 Å². The van der Waals surface area contributed by atoms with Crippen LogP contribution >= 0.6 is 0 Å². The van der Waals surface area contributed by atoms with Gasteiger partial charge in [0.1, 0.15) is 5.82 Å². The molecule has 2 aromatic carbocycles. The average molecular weight is 243 g/mol. The maximum atomic E-state index is 13.3. The van der Waals surface area contributed by atoms with Crippen LogP contribution in [0.2, 0.25) is 0 Å². The van der Waals surface area contributed by atoms with Gasteiger partial charge in [-0.1, -0.05) is 42.5 Å². The lowest BCUT2D eigenvalue weighted by molar-refractivity contribution is 0.601. The lowest BCUT2D eigenvalue weighted by Gasteiger charge is -2.17. The molecule has 0 aliphatic heterocycles. The molecule has 0 aliphatic rings. The van der Waals surface area contributed by atoms with Gasteiger partial charge < -0.3 is 5.32 Å². The van der Waals surface area contributed by atoms with E-state index in [1.54, 1.807) is 12.1 Å². The van der Waals surface area contributed by atoms with Crippen LogP contribution in [-0.4, -0.2) is 13.6 Å². The van der Waals surface area contributed by atoms with Crippen molar-refractivity contribution in [2.24, 2.45) is 0 Å². The molecular weight excluding hydrogens is 225 g/mol. The number of benzene rings is 2. The van der Waals surface area contributed by atoms with Gasteiger partial charge in [0.2, 0.25) is 0 Å². The summed E-state index contributed by atoms with van der Waals surface area (Å²) in [6, 6.07) is 17.2. The van der Waals surface area contributed by atoms with Crippen LogP contribution < -0.4 is 5.32 Å². The summed E-state index contributed by atoms with van der Waals surface area (Å²) in [7, 11) is 1.93. The van der Waals surface area contributed by atoms with Crippen LogP contribution in [0.4, 0.5) is 4.39 Å². The predicted molar refractivity (Wildman–Crippen MR) is 73.2 cm³/mol. The number of rotatable bonds is 5. The largest absolute Gasteiger partial charge is 0.319 e. The van der Waals surface area contributed by atoms with E-state index >= 15 is 0 Å². The fourth-order valence-corrected chi connectivity index (χ4v) is 2.21. The molecule has 0 radical (unpaired) electrons. The number of hydrogen-bond donors (Lipinski definition) is 1. The van der Waals surface area contributed by atoms with E-state index in [0.29, 0.717) is 5.92 Å². The zero-order valence-corrected chi connectivity index (χ0v) is 10.6. The van der Waals surface area contributed by atoms with Crippen molar-refractivity contribution in [3.05, 3.63) is 71.5 Å². The van der Waals surface area contributed by atoms with Crippen molar-refractivity contribution in [2.45, 2.75) is 12.3 Å². The Hall–Kier alpha value is -1.67. The summed E-state index contributed by atoms with van der Waals surface area (Å²) < 4.78 is 13.3. The molecule has 0 fully saturated rings. The highest BCUT2D eigenvalue weighted by molar-refractivity contribution is 5.25. The summed E-state index contributed by atoms with van der Waals surface area (Å²) in [6.07, 6.45) is 0.922. The van der Waals surface area contributed by atoms with Crippen molar-refractivity contribution in [3.8, 4) is 0 Å². The van der Waals surface area contributed by atoms with E-state index in [4.69, 9.17) is 0 Å². The lowest BCUT2D eigenvalue weighted by atomic mass is 9.92. The zero-order valence-electron chi connectivity index (χ0n) is 10.6. The fourth-order valence-electron chi connectivity index (χ4n) is 2.21. The van der Waals surface area contributed by atoms with E-state index in [9.17, 15) is 4.39 Å². The monoisotopic (exact) mass is 243 g/mol. The summed E-state index contributed by atoms with van der Waals surface area (Å²) in [6.45, 7) is 0.846. The maximum Gasteiger partial charge on any atom is 0.123 e. The fraction of sp³-hybridized carbons (Fsp3) is 0.250. The van der Waals surface area contributed by atoms with E-state index in [1.165, 1.54) is 11.6 Å². The zero-order chi connectivity index (χ0) is 12.8. The molecule has 2 aromatic rings. The number of hydrogen-bond acceptors (Lipinski definition) is 1. The minimum atomic E-state index is -0.165. The van der Waals surface area contributed by atoms with Crippen molar-refractivity contribution in [1.82, 2.24) is 5.32 Å². The summed E-state index contributed by atoms with van der Waals surface area (Å²) in [4.78, 5) is 0. The molecule has 0 aromatic heterocycles. The average Bonchev–Trinajstić information content (AvgIpc) is 2.39. The number of likely N-dealkylation sites (N-methyl/N-ethyl adjacent to an activating group) is 1.